The fourth-order valence-electron chi connectivity index (χ4n) is 3.58. The molecule has 1 N–H and O–H groups in total. The summed E-state index contributed by atoms with van der Waals surface area (Å²) >= 11 is 6.04. The summed E-state index contributed by atoms with van der Waals surface area (Å²) in [5.41, 5.74) is -0.885. The average molecular weight is 390 g/mol. The Hall–Kier alpha value is -2.16. The lowest BCUT2D eigenvalue weighted by molar-refractivity contribution is -0.137. The molecule has 0 aromatic carbocycles. The van der Waals surface area contributed by atoms with E-state index in [1.54, 1.807) is 0 Å². The number of pyridine rings is 1. The highest BCUT2D eigenvalue weighted by molar-refractivity contribution is 6.33. The summed E-state index contributed by atoms with van der Waals surface area (Å²) in [5.74, 6) is 0.257. The molecule has 140 valence electrons. The summed E-state index contributed by atoms with van der Waals surface area (Å²) < 4.78 is 48.6. The number of carbonyl (C=O) groups is 1. The van der Waals surface area contributed by atoms with E-state index in [-0.39, 0.29) is 34.7 Å². The Kier molecular flexibility index (Phi) is 4.13. The van der Waals surface area contributed by atoms with Crippen LogP contribution in [0.15, 0.2) is 24.3 Å². The van der Waals surface area contributed by atoms with Crippen molar-refractivity contribution in [2.45, 2.75) is 24.7 Å². The van der Waals surface area contributed by atoms with Crippen LogP contribution in [0.5, 0.6) is 0 Å². The van der Waals surface area contributed by atoms with Crippen LogP contribution in [0.4, 0.5) is 19.0 Å². The van der Waals surface area contributed by atoms with E-state index in [9.17, 15) is 18.0 Å². The van der Waals surface area contributed by atoms with Crippen molar-refractivity contribution in [1.29, 1.82) is 0 Å². The number of hydrogen-bond donors (Lipinski definition) is 1. The molecule has 0 radical (unpaired) electrons. The molecule has 2 bridgehead atoms. The first-order chi connectivity index (χ1) is 12.3. The first-order valence-electron chi connectivity index (χ1n) is 8.09. The number of fused-ring (bicyclic) bond motifs is 1. The molecule has 3 aliphatic heterocycles. The number of carbonyl (C=O) groups excluding carboxylic acids is 1. The molecule has 1 aromatic rings. The van der Waals surface area contributed by atoms with Crippen molar-refractivity contribution in [2.75, 3.05) is 24.7 Å². The number of rotatable bonds is 3. The van der Waals surface area contributed by atoms with Crippen molar-refractivity contribution in [2.24, 2.45) is 5.92 Å². The van der Waals surface area contributed by atoms with E-state index >= 15 is 0 Å². The van der Waals surface area contributed by atoms with Gasteiger partial charge in [0.2, 0.25) is 5.76 Å². The van der Waals surface area contributed by atoms with Gasteiger partial charge in [-0.15, -0.1) is 0 Å². The molecule has 0 spiro atoms. The lowest BCUT2D eigenvalue weighted by atomic mass is 9.80. The molecule has 1 aliphatic carbocycles. The number of alkyl halides is 3. The van der Waals surface area contributed by atoms with Crippen LogP contribution in [0.3, 0.4) is 0 Å². The van der Waals surface area contributed by atoms with Gasteiger partial charge >= 0.3 is 6.18 Å². The van der Waals surface area contributed by atoms with E-state index in [2.05, 4.69) is 10.3 Å². The number of ether oxygens (including phenoxy) is 2. The maximum atomic E-state index is 12.8. The minimum absolute atomic E-state index is 0.0517. The van der Waals surface area contributed by atoms with E-state index in [1.165, 1.54) is 6.26 Å². The minimum Gasteiger partial charge on any atom is -0.494 e. The van der Waals surface area contributed by atoms with Crippen molar-refractivity contribution < 1.29 is 27.4 Å². The molecule has 3 atom stereocenters. The molecule has 3 unspecified atom stereocenters. The monoisotopic (exact) mass is 389 g/mol. The zero-order valence-electron chi connectivity index (χ0n) is 13.4. The van der Waals surface area contributed by atoms with E-state index in [0.29, 0.717) is 25.6 Å². The van der Waals surface area contributed by atoms with Gasteiger partial charge in [0.05, 0.1) is 22.7 Å². The lowest BCUT2D eigenvalue weighted by Gasteiger charge is -2.37. The third-order valence-electron chi connectivity index (χ3n) is 4.89. The zero-order valence-corrected chi connectivity index (χ0v) is 14.2. The second kappa shape index (κ2) is 6.22. The van der Waals surface area contributed by atoms with Gasteiger partial charge in [-0.1, -0.05) is 11.6 Å². The van der Waals surface area contributed by atoms with Gasteiger partial charge in [0.15, 0.2) is 0 Å². The summed E-state index contributed by atoms with van der Waals surface area (Å²) in [6.45, 7) is 1.29. The summed E-state index contributed by atoms with van der Waals surface area (Å²) in [4.78, 5) is 18.0. The van der Waals surface area contributed by atoms with Crippen molar-refractivity contribution in [3.05, 3.63) is 34.9 Å². The third-order valence-corrected chi connectivity index (χ3v) is 5.17. The van der Waals surface area contributed by atoms with E-state index in [1.807, 2.05) is 4.90 Å². The highest BCUT2D eigenvalue weighted by Gasteiger charge is 2.53. The first kappa shape index (κ1) is 17.3. The number of anilines is 1. The van der Waals surface area contributed by atoms with Crippen LogP contribution in [-0.2, 0) is 20.4 Å². The largest absolute Gasteiger partial charge is 0.494 e. The summed E-state index contributed by atoms with van der Waals surface area (Å²) in [6.07, 6.45) is -1.61. The number of hydrogen-bond acceptors (Lipinski definition) is 5. The van der Waals surface area contributed by atoms with Gasteiger partial charge in [0, 0.05) is 18.7 Å². The average Bonchev–Trinajstić information content (AvgIpc) is 3.18. The molecule has 1 aromatic heterocycles. The summed E-state index contributed by atoms with van der Waals surface area (Å²) in [6, 6.07) is 0.690. The molecule has 10 heteroatoms. The molecule has 26 heavy (non-hydrogen) atoms. The smallest absolute Gasteiger partial charge is 0.417 e. The van der Waals surface area contributed by atoms with Crippen LogP contribution < -0.4 is 10.2 Å². The van der Waals surface area contributed by atoms with Gasteiger partial charge in [0.1, 0.15) is 25.3 Å². The second-order valence-electron chi connectivity index (χ2n) is 6.44. The van der Waals surface area contributed by atoms with Gasteiger partial charge in [-0.05, 0) is 12.5 Å². The molecule has 4 heterocycles. The summed E-state index contributed by atoms with van der Waals surface area (Å²) in [5, 5.41) is 2.85. The van der Waals surface area contributed by atoms with Crippen LogP contribution in [0.2, 0.25) is 5.02 Å². The minimum atomic E-state index is -4.49. The van der Waals surface area contributed by atoms with Crippen LogP contribution in [0.25, 0.3) is 0 Å². The van der Waals surface area contributed by atoms with E-state index < -0.39 is 11.7 Å². The molecule has 1 saturated carbocycles. The predicted molar refractivity (Wildman–Crippen MR) is 85.4 cm³/mol. The topological polar surface area (TPSA) is 63.7 Å². The highest BCUT2D eigenvalue weighted by atomic mass is 35.5. The maximum absolute atomic E-state index is 12.8. The molecule has 6 nitrogen and oxygen atoms in total. The van der Waals surface area contributed by atoms with Gasteiger partial charge in [0.25, 0.3) is 5.91 Å². The molecular weight excluding hydrogens is 375 g/mol. The fraction of sp³-hybridized carbons (Fsp3) is 0.500. The number of amides is 1. The number of halogens is 4. The zero-order chi connectivity index (χ0) is 18.5. The Labute approximate surface area is 151 Å². The van der Waals surface area contributed by atoms with E-state index in [4.69, 9.17) is 21.1 Å². The normalized spacial score (nSPS) is 27.2. The van der Waals surface area contributed by atoms with Crippen molar-refractivity contribution in [3.8, 4) is 0 Å². The van der Waals surface area contributed by atoms with Crippen molar-refractivity contribution in [1.82, 2.24) is 10.3 Å². The Balaban J connectivity index is 1.46. The van der Waals surface area contributed by atoms with Crippen LogP contribution >= 0.6 is 11.6 Å². The SMILES string of the molecule is O=C(NC1C2CC1N(c1ncc(C(F)(F)F)cc1Cl)C2)C1=COCCO1. The molecule has 4 aliphatic rings. The Morgan fingerprint density at radius 1 is 1.38 bits per heavy atom. The van der Waals surface area contributed by atoms with Gasteiger partial charge in [-0.2, -0.15) is 13.2 Å². The predicted octanol–water partition coefficient (Wildman–Crippen LogP) is 2.34. The number of nitrogens with one attached hydrogen (secondary N) is 1. The van der Waals surface area contributed by atoms with Crippen LogP contribution in [0, 0.1) is 5.92 Å². The highest BCUT2D eigenvalue weighted by Crippen LogP contribution is 2.45. The summed E-state index contributed by atoms with van der Waals surface area (Å²) in [7, 11) is 0. The van der Waals surface area contributed by atoms with Crippen LogP contribution in [0.1, 0.15) is 12.0 Å². The molecule has 1 amide bonds. The Morgan fingerprint density at radius 3 is 2.85 bits per heavy atom. The van der Waals surface area contributed by atoms with Crippen LogP contribution in [-0.4, -0.2) is 42.7 Å². The molecule has 2 saturated heterocycles. The fourth-order valence-corrected chi connectivity index (χ4v) is 3.86. The molecular formula is C16H15ClF3N3O3. The Bertz CT molecular complexity index is 771. The quantitative estimate of drug-likeness (QED) is 0.859. The van der Waals surface area contributed by atoms with Gasteiger partial charge < -0.3 is 19.7 Å². The maximum Gasteiger partial charge on any atom is 0.417 e. The van der Waals surface area contributed by atoms with Gasteiger partial charge in [-0.25, -0.2) is 4.98 Å². The van der Waals surface area contributed by atoms with Gasteiger partial charge in [-0.3, -0.25) is 4.79 Å². The Morgan fingerprint density at radius 2 is 2.19 bits per heavy atom. The number of aromatic nitrogens is 1. The van der Waals surface area contributed by atoms with Crippen molar-refractivity contribution in [3.63, 3.8) is 0 Å². The standard InChI is InChI=1S/C16H15ClF3N3O3/c17-10-4-9(16(18,19)20)5-21-14(10)23-6-8-3-11(23)13(8)22-15(24)12-7-25-1-2-26-12/h4-5,7-8,11,13H,1-3,6H2,(H,22,24). The second-order valence-corrected chi connectivity index (χ2v) is 6.85. The molecule has 3 fully saturated rings. The van der Waals surface area contributed by atoms with E-state index in [0.717, 1.165) is 18.7 Å². The van der Waals surface area contributed by atoms with Crippen molar-refractivity contribution >= 4 is 23.3 Å². The molecule has 5 rings (SSSR count). The third kappa shape index (κ3) is 2.94. The lowest BCUT2D eigenvalue weighted by Crippen LogP contribution is -2.55. The number of nitrogens with zero attached hydrogens (tertiary/aromatic N) is 2. The first-order valence-corrected chi connectivity index (χ1v) is 8.47.